The minimum Gasteiger partial charge on any atom is -0.399 e. The summed E-state index contributed by atoms with van der Waals surface area (Å²) in [5.74, 6) is 0.661. The van der Waals surface area contributed by atoms with E-state index in [0.29, 0.717) is 11.4 Å². The normalized spacial score (nSPS) is 19.1. The van der Waals surface area contributed by atoms with Crippen LogP contribution in [-0.2, 0) is 10.0 Å². The molecule has 6 heteroatoms. The molecule has 0 amide bonds. The lowest BCUT2D eigenvalue weighted by atomic mass is 10.0. The van der Waals surface area contributed by atoms with E-state index in [2.05, 4.69) is 10.8 Å². The summed E-state index contributed by atoms with van der Waals surface area (Å²) < 4.78 is 26.7. The Labute approximate surface area is 124 Å². The van der Waals surface area contributed by atoms with Crippen LogP contribution in [0.2, 0.25) is 0 Å². The maximum absolute atomic E-state index is 12.0. The molecule has 1 aliphatic carbocycles. The molecule has 0 fully saturated rings. The first-order valence-electron chi connectivity index (χ1n) is 6.68. The van der Waals surface area contributed by atoms with Crippen molar-refractivity contribution < 1.29 is 8.42 Å². The summed E-state index contributed by atoms with van der Waals surface area (Å²) in [5.41, 5.74) is 6.39. The Morgan fingerprint density at radius 2 is 2.20 bits per heavy atom. The van der Waals surface area contributed by atoms with Gasteiger partial charge in [0, 0.05) is 22.4 Å². The highest BCUT2D eigenvalue weighted by Crippen LogP contribution is 2.20. The average molecular weight is 312 g/mol. The smallest absolute Gasteiger partial charge is 0.212 e. The zero-order valence-electron chi connectivity index (χ0n) is 11.3. The number of hydrogen-bond acceptors (Lipinski definition) is 4. The van der Waals surface area contributed by atoms with E-state index in [1.165, 1.54) is 11.8 Å². The molecule has 0 saturated heterocycles. The van der Waals surface area contributed by atoms with Gasteiger partial charge in [0.25, 0.3) is 0 Å². The number of benzene rings is 1. The number of nitrogens with one attached hydrogen (secondary N) is 1. The predicted molar refractivity (Wildman–Crippen MR) is 85.3 cm³/mol. The van der Waals surface area contributed by atoms with E-state index in [9.17, 15) is 8.42 Å². The van der Waals surface area contributed by atoms with Crippen molar-refractivity contribution in [2.24, 2.45) is 0 Å². The maximum Gasteiger partial charge on any atom is 0.212 e. The Morgan fingerprint density at radius 3 is 2.90 bits per heavy atom. The predicted octanol–water partition coefficient (Wildman–Crippen LogP) is 2.39. The summed E-state index contributed by atoms with van der Waals surface area (Å²) in [6.45, 7) is 0. The third-order valence-electron chi connectivity index (χ3n) is 3.09. The van der Waals surface area contributed by atoms with Crippen molar-refractivity contribution >= 4 is 27.5 Å². The summed E-state index contributed by atoms with van der Waals surface area (Å²) in [6.07, 6.45) is 6.77. The monoisotopic (exact) mass is 312 g/mol. The molecule has 0 spiro atoms. The second-order valence-electron chi connectivity index (χ2n) is 4.84. The fourth-order valence-corrected chi connectivity index (χ4v) is 4.77. The molecule has 0 bridgehead atoms. The highest BCUT2D eigenvalue weighted by Gasteiger charge is 2.17. The third kappa shape index (κ3) is 5.19. The molecule has 3 N–H and O–H groups in total. The van der Waals surface area contributed by atoms with E-state index < -0.39 is 10.0 Å². The van der Waals surface area contributed by atoms with Crippen molar-refractivity contribution in [2.45, 2.75) is 30.2 Å². The van der Waals surface area contributed by atoms with Gasteiger partial charge in [0.1, 0.15) is 0 Å². The van der Waals surface area contributed by atoms with Gasteiger partial charge in [-0.05, 0) is 37.5 Å². The molecule has 0 saturated carbocycles. The lowest BCUT2D eigenvalue weighted by Gasteiger charge is -2.19. The van der Waals surface area contributed by atoms with Gasteiger partial charge in [-0.3, -0.25) is 0 Å². The van der Waals surface area contributed by atoms with Gasteiger partial charge in [0.15, 0.2) is 0 Å². The van der Waals surface area contributed by atoms with Crippen LogP contribution < -0.4 is 10.5 Å². The minimum atomic E-state index is -3.20. The minimum absolute atomic E-state index is 0.0577. The molecule has 0 aliphatic heterocycles. The molecule has 0 radical (unpaired) electrons. The standard InChI is InChI=1S/C14H20N2O2S2/c15-12-5-4-8-14(11-12)19-9-10-20(17,18)16-13-6-2-1-3-7-13/h1-2,4-5,8,11,13,16H,3,6-7,9-10,15H2. The number of nitrogens with two attached hydrogens (primary N) is 1. The van der Waals surface area contributed by atoms with Crippen molar-refractivity contribution in [3.8, 4) is 0 Å². The van der Waals surface area contributed by atoms with Crippen LogP contribution in [0.3, 0.4) is 0 Å². The van der Waals surface area contributed by atoms with Crippen molar-refractivity contribution in [3.63, 3.8) is 0 Å². The number of rotatable bonds is 6. The van der Waals surface area contributed by atoms with Crippen LogP contribution in [0.15, 0.2) is 41.3 Å². The lowest BCUT2D eigenvalue weighted by molar-refractivity contribution is 0.523. The Morgan fingerprint density at radius 1 is 1.35 bits per heavy atom. The number of anilines is 1. The van der Waals surface area contributed by atoms with Crippen molar-refractivity contribution in [3.05, 3.63) is 36.4 Å². The second-order valence-corrected chi connectivity index (χ2v) is 7.88. The van der Waals surface area contributed by atoms with E-state index in [0.717, 1.165) is 24.2 Å². The fourth-order valence-electron chi connectivity index (χ4n) is 2.09. The van der Waals surface area contributed by atoms with Crippen molar-refractivity contribution in [1.29, 1.82) is 0 Å². The molecule has 1 aromatic rings. The zero-order valence-corrected chi connectivity index (χ0v) is 12.9. The SMILES string of the molecule is Nc1cccc(SCCS(=O)(=O)NC2CC=CCC2)c1. The molecule has 4 nitrogen and oxygen atoms in total. The average Bonchev–Trinajstić information content (AvgIpc) is 2.39. The first kappa shape index (κ1) is 15.4. The van der Waals surface area contributed by atoms with Gasteiger partial charge in [-0.15, -0.1) is 11.8 Å². The fraction of sp³-hybridized carbons (Fsp3) is 0.429. The molecule has 1 aliphatic rings. The van der Waals surface area contributed by atoms with Gasteiger partial charge >= 0.3 is 0 Å². The summed E-state index contributed by atoms with van der Waals surface area (Å²) >= 11 is 1.51. The van der Waals surface area contributed by atoms with E-state index in [-0.39, 0.29) is 11.8 Å². The Kier molecular flexibility index (Phi) is 5.51. The van der Waals surface area contributed by atoms with Gasteiger partial charge in [0.2, 0.25) is 10.0 Å². The topological polar surface area (TPSA) is 72.2 Å². The third-order valence-corrected chi connectivity index (χ3v) is 5.78. The zero-order chi connectivity index (χ0) is 14.4. The first-order chi connectivity index (χ1) is 9.55. The van der Waals surface area contributed by atoms with E-state index in [4.69, 9.17) is 5.73 Å². The lowest BCUT2D eigenvalue weighted by Crippen LogP contribution is -2.37. The van der Waals surface area contributed by atoms with Gasteiger partial charge in [-0.25, -0.2) is 13.1 Å². The molecule has 0 heterocycles. The summed E-state index contributed by atoms with van der Waals surface area (Å²) in [7, 11) is -3.20. The molecule has 20 heavy (non-hydrogen) atoms. The van der Waals surface area contributed by atoms with Gasteiger partial charge < -0.3 is 5.73 Å². The number of hydrogen-bond donors (Lipinski definition) is 2. The number of allylic oxidation sites excluding steroid dienone is 1. The van der Waals surface area contributed by atoms with Crippen LogP contribution >= 0.6 is 11.8 Å². The molecular formula is C14H20N2O2S2. The summed E-state index contributed by atoms with van der Waals surface area (Å²) in [4.78, 5) is 1.00. The number of nitrogen functional groups attached to an aromatic ring is 1. The van der Waals surface area contributed by atoms with Crippen LogP contribution in [0.5, 0.6) is 0 Å². The maximum atomic E-state index is 12.0. The Balaban J connectivity index is 1.78. The van der Waals surface area contributed by atoms with Crippen LogP contribution in [0.1, 0.15) is 19.3 Å². The van der Waals surface area contributed by atoms with E-state index >= 15 is 0 Å². The van der Waals surface area contributed by atoms with E-state index in [1.54, 1.807) is 0 Å². The van der Waals surface area contributed by atoms with Crippen LogP contribution in [0.25, 0.3) is 0 Å². The molecule has 0 aromatic heterocycles. The van der Waals surface area contributed by atoms with Gasteiger partial charge in [0.05, 0.1) is 5.75 Å². The molecule has 1 atom stereocenters. The number of thioether (sulfide) groups is 1. The van der Waals surface area contributed by atoms with Crippen LogP contribution in [0, 0.1) is 0 Å². The van der Waals surface area contributed by atoms with Crippen molar-refractivity contribution in [2.75, 3.05) is 17.2 Å². The molecule has 2 rings (SSSR count). The molecule has 1 unspecified atom stereocenters. The Bertz CT molecular complexity index is 570. The van der Waals surface area contributed by atoms with E-state index in [1.807, 2.05) is 30.3 Å². The second kappa shape index (κ2) is 7.15. The summed E-state index contributed by atoms with van der Waals surface area (Å²) in [5, 5.41) is 0. The number of sulfonamides is 1. The van der Waals surface area contributed by atoms with Gasteiger partial charge in [-0.1, -0.05) is 18.2 Å². The molecule has 110 valence electrons. The highest BCUT2D eigenvalue weighted by atomic mass is 32.2. The van der Waals surface area contributed by atoms with Crippen molar-refractivity contribution in [1.82, 2.24) is 4.72 Å². The quantitative estimate of drug-likeness (QED) is 0.480. The summed E-state index contributed by atoms with van der Waals surface area (Å²) in [6, 6.07) is 7.55. The largest absolute Gasteiger partial charge is 0.399 e. The Hall–Kier alpha value is -0.980. The highest BCUT2D eigenvalue weighted by molar-refractivity contribution is 8.00. The van der Waals surface area contributed by atoms with Crippen LogP contribution in [0.4, 0.5) is 5.69 Å². The first-order valence-corrected chi connectivity index (χ1v) is 9.32. The molecular weight excluding hydrogens is 292 g/mol. The van der Waals surface area contributed by atoms with Gasteiger partial charge in [-0.2, -0.15) is 0 Å². The van der Waals surface area contributed by atoms with Crippen LogP contribution in [-0.4, -0.2) is 26.0 Å². The molecule has 1 aromatic carbocycles.